The van der Waals surface area contributed by atoms with Crippen molar-refractivity contribution < 1.29 is 14.3 Å². The standard InChI is InChI=1S/C21H21N3O3S/c25-20(27-14-19-23-17-8-4-5-9-18(17)28-19)15-10-12-24(13-11-15)21(26)22-16-6-2-1-3-7-16/h1-9,15H,10-14H2,(H,22,26). The van der Waals surface area contributed by atoms with Gasteiger partial charge >= 0.3 is 12.0 Å². The van der Waals surface area contributed by atoms with Crippen molar-refractivity contribution in [2.45, 2.75) is 19.4 Å². The topological polar surface area (TPSA) is 71.5 Å². The Bertz CT molecular complexity index is 932. The van der Waals surface area contributed by atoms with Crippen molar-refractivity contribution in [2.24, 2.45) is 5.92 Å². The summed E-state index contributed by atoms with van der Waals surface area (Å²) in [5.74, 6) is -0.377. The number of thiazole rings is 1. The molecule has 0 unspecified atom stereocenters. The molecule has 1 saturated heterocycles. The summed E-state index contributed by atoms with van der Waals surface area (Å²) >= 11 is 1.54. The van der Waals surface area contributed by atoms with E-state index in [0.29, 0.717) is 25.9 Å². The molecule has 144 valence electrons. The van der Waals surface area contributed by atoms with Gasteiger partial charge in [-0.15, -0.1) is 11.3 Å². The van der Waals surface area contributed by atoms with E-state index in [-0.39, 0.29) is 24.5 Å². The third-order valence-corrected chi connectivity index (χ3v) is 5.83. The number of rotatable bonds is 4. The van der Waals surface area contributed by atoms with Crippen LogP contribution in [0, 0.1) is 5.92 Å². The molecule has 28 heavy (non-hydrogen) atoms. The summed E-state index contributed by atoms with van der Waals surface area (Å²) in [5.41, 5.74) is 1.70. The van der Waals surface area contributed by atoms with Gasteiger partial charge in [-0.1, -0.05) is 30.3 Å². The van der Waals surface area contributed by atoms with Crippen LogP contribution >= 0.6 is 11.3 Å². The maximum atomic E-state index is 12.4. The van der Waals surface area contributed by atoms with E-state index in [1.165, 1.54) is 0 Å². The van der Waals surface area contributed by atoms with Gasteiger partial charge < -0.3 is 15.0 Å². The average Bonchev–Trinajstić information content (AvgIpc) is 3.16. The molecule has 0 bridgehead atoms. The maximum Gasteiger partial charge on any atom is 0.321 e. The number of carbonyl (C=O) groups is 2. The highest BCUT2D eigenvalue weighted by molar-refractivity contribution is 7.18. The van der Waals surface area contributed by atoms with Crippen molar-refractivity contribution in [3.05, 3.63) is 59.6 Å². The van der Waals surface area contributed by atoms with E-state index in [1.54, 1.807) is 16.2 Å². The van der Waals surface area contributed by atoms with E-state index in [4.69, 9.17) is 4.74 Å². The first-order valence-corrected chi connectivity index (χ1v) is 10.1. The van der Waals surface area contributed by atoms with E-state index in [1.807, 2.05) is 54.6 Å². The number of piperidine rings is 1. The molecular formula is C21H21N3O3S. The Morgan fingerprint density at radius 3 is 2.54 bits per heavy atom. The molecule has 0 spiro atoms. The van der Waals surface area contributed by atoms with Crippen LogP contribution in [-0.4, -0.2) is 35.0 Å². The van der Waals surface area contributed by atoms with Crippen LogP contribution in [0.15, 0.2) is 54.6 Å². The molecule has 6 nitrogen and oxygen atoms in total. The van der Waals surface area contributed by atoms with Gasteiger partial charge in [0.1, 0.15) is 11.6 Å². The number of esters is 1. The lowest BCUT2D eigenvalue weighted by Crippen LogP contribution is -2.42. The number of urea groups is 1. The van der Waals surface area contributed by atoms with Gasteiger partial charge in [-0.3, -0.25) is 4.79 Å². The predicted molar refractivity (Wildman–Crippen MR) is 109 cm³/mol. The Morgan fingerprint density at radius 2 is 1.79 bits per heavy atom. The Kier molecular flexibility index (Phi) is 5.53. The lowest BCUT2D eigenvalue weighted by molar-refractivity contribution is -0.151. The monoisotopic (exact) mass is 395 g/mol. The smallest absolute Gasteiger partial charge is 0.321 e. The largest absolute Gasteiger partial charge is 0.458 e. The molecule has 1 aliphatic rings. The number of fused-ring (bicyclic) bond motifs is 1. The van der Waals surface area contributed by atoms with Crippen LogP contribution in [0.2, 0.25) is 0 Å². The number of aromatic nitrogens is 1. The normalized spacial score (nSPS) is 14.8. The summed E-state index contributed by atoms with van der Waals surface area (Å²) in [6.45, 7) is 1.28. The number of para-hydroxylation sites is 2. The molecule has 1 fully saturated rings. The zero-order valence-corrected chi connectivity index (χ0v) is 16.2. The van der Waals surface area contributed by atoms with Crippen LogP contribution in [0.4, 0.5) is 10.5 Å². The quantitative estimate of drug-likeness (QED) is 0.669. The molecule has 3 aromatic rings. The molecule has 4 rings (SSSR count). The Hall–Kier alpha value is -2.93. The van der Waals surface area contributed by atoms with Gasteiger partial charge in [0.15, 0.2) is 0 Å². The minimum Gasteiger partial charge on any atom is -0.458 e. The second-order valence-corrected chi connectivity index (χ2v) is 7.86. The van der Waals surface area contributed by atoms with Crippen LogP contribution in [0.3, 0.4) is 0 Å². The fourth-order valence-electron chi connectivity index (χ4n) is 3.27. The number of carbonyl (C=O) groups excluding carboxylic acids is 2. The van der Waals surface area contributed by atoms with Crippen LogP contribution < -0.4 is 5.32 Å². The van der Waals surface area contributed by atoms with E-state index < -0.39 is 0 Å². The number of nitrogens with one attached hydrogen (secondary N) is 1. The predicted octanol–water partition coefficient (Wildman–Crippen LogP) is 4.28. The van der Waals surface area contributed by atoms with E-state index in [9.17, 15) is 9.59 Å². The van der Waals surface area contributed by atoms with Gasteiger partial charge in [0.2, 0.25) is 0 Å². The Labute approximate surface area is 167 Å². The number of amides is 2. The van der Waals surface area contributed by atoms with Gasteiger partial charge in [0.05, 0.1) is 16.1 Å². The fourth-order valence-corrected chi connectivity index (χ4v) is 4.16. The molecule has 0 aliphatic carbocycles. The van der Waals surface area contributed by atoms with E-state index in [2.05, 4.69) is 10.3 Å². The zero-order valence-electron chi connectivity index (χ0n) is 15.3. The minimum absolute atomic E-state index is 0.132. The molecule has 0 radical (unpaired) electrons. The first-order valence-electron chi connectivity index (χ1n) is 9.31. The number of nitrogens with zero attached hydrogens (tertiary/aromatic N) is 2. The molecule has 2 amide bonds. The molecule has 0 saturated carbocycles. The summed E-state index contributed by atoms with van der Waals surface area (Å²) in [7, 11) is 0. The van der Waals surface area contributed by atoms with Gasteiger partial charge in [0.25, 0.3) is 0 Å². The van der Waals surface area contributed by atoms with Gasteiger partial charge in [-0.05, 0) is 37.1 Å². The van der Waals surface area contributed by atoms with Crippen molar-refractivity contribution in [1.82, 2.24) is 9.88 Å². The summed E-state index contributed by atoms with van der Waals surface area (Å²) in [4.78, 5) is 30.9. The minimum atomic E-state index is -0.206. The Morgan fingerprint density at radius 1 is 1.07 bits per heavy atom. The van der Waals surface area contributed by atoms with E-state index in [0.717, 1.165) is 20.9 Å². The lowest BCUT2D eigenvalue weighted by atomic mass is 9.97. The maximum absolute atomic E-state index is 12.4. The molecular weight excluding hydrogens is 374 g/mol. The highest BCUT2D eigenvalue weighted by Crippen LogP contribution is 2.24. The third-order valence-electron chi connectivity index (χ3n) is 4.82. The molecule has 1 aromatic heterocycles. The number of ether oxygens (including phenoxy) is 1. The van der Waals surface area contributed by atoms with Gasteiger partial charge in [-0.25, -0.2) is 9.78 Å². The average molecular weight is 395 g/mol. The molecule has 2 aromatic carbocycles. The van der Waals surface area contributed by atoms with Crippen LogP contribution in [0.1, 0.15) is 17.8 Å². The van der Waals surface area contributed by atoms with Crippen LogP contribution in [-0.2, 0) is 16.1 Å². The summed E-state index contributed by atoms with van der Waals surface area (Å²) in [6.07, 6.45) is 1.22. The van der Waals surface area contributed by atoms with Crippen molar-refractivity contribution in [3.8, 4) is 0 Å². The zero-order chi connectivity index (χ0) is 19.3. The molecule has 7 heteroatoms. The molecule has 1 N–H and O–H groups in total. The number of anilines is 1. The van der Waals surface area contributed by atoms with Gasteiger partial charge in [0, 0.05) is 18.8 Å². The highest BCUT2D eigenvalue weighted by atomic mass is 32.1. The number of hydrogen-bond acceptors (Lipinski definition) is 5. The lowest BCUT2D eigenvalue weighted by Gasteiger charge is -2.30. The molecule has 1 aliphatic heterocycles. The number of benzene rings is 2. The first kappa shape index (κ1) is 18.4. The SMILES string of the molecule is O=C(OCc1nc2ccccc2s1)C1CCN(C(=O)Nc2ccccc2)CC1. The van der Waals surface area contributed by atoms with Crippen molar-refractivity contribution >= 4 is 39.2 Å². The molecule has 0 atom stereocenters. The van der Waals surface area contributed by atoms with Crippen LogP contribution in [0.5, 0.6) is 0 Å². The van der Waals surface area contributed by atoms with E-state index >= 15 is 0 Å². The van der Waals surface area contributed by atoms with Crippen molar-refractivity contribution in [1.29, 1.82) is 0 Å². The third kappa shape index (κ3) is 4.31. The van der Waals surface area contributed by atoms with Crippen molar-refractivity contribution in [2.75, 3.05) is 18.4 Å². The highest BCUT2D eigenvalue weighted by Gasteiger charge is 2.28. The van der Waals surface area contributed by atoms with Crippen LogP contribution in [0.25, 0.3) is 10.2 Å². The summed E-state index contributed by atoms with van der Waals surface area (Å²) < 4.78 is 6.57. The molecule has 2 heterocycles. The second-order valence-electron chi connectivity index (χ2n) is 6.74. The Balaban J connectivity index is 1.25. The summed E-state index contributed by atoms with van der Waals surface area (Å²) in [5, 5.41) is 3.68. The number of hydrogen-bond donors (Lipinski definition) is 1. The fraction of sp³-hybridized carbons (Fsp3) is 0.286. The first-order chi connectivity index (χ1) is 13.7. The summed E-state index contributed by atoms with van der Waals surface area (Å²) in [6, 6.07) is 17.1. The number of likely N-dealkylation sites (tertiary alicyclic amines) is 1. The second kappa shape index (κ2) is 8.39. The van der Waals surface area contributed by atoms with Crippen molar-refractivity contribution in [3.63, 3.8) is 0 Å². The van der Waals surface area contributed by atoms with Gasteiger partial charge in [-0.2, -0.15) is 0 Å².